The smallest absolute Gasteiger partial charge is 0.336 e. The van der Waals surface area contributed by atoms with Crippen molar-refractivity contribution in [2.45, 2.75) is 31.3 Å². The van der Waals surface area contributed by atoms with E-state index >= 15 is 0 Å². The van der Waals surface area contributed by atoms with Crippen LogP contribution in [0.15, 0.2) is 0 Å². The first kappa shape index (κ1) is 16.8. The van der Waals surface area contributed by atoms with Crippen molar-refractivity contribution in [3.63, 3.8) is 0 Å². The lowest BCUT2D eigenvalue weighted by atomic mass is 9.96. The predicted octanol–water partition coefficient (Wildman–Crippen LogP) is -0.925. The van der Waals surface area contributed by atoms with Gasteiger partial charge in [0.1, 0.15) is 0 Å². The first-order chi connectivity index (χ1) is 8.67. The van der Waals surface area contributed by atoms with Gasteiger partial charge in [-0.15, -0.1) is 0 Å². The van der Waals surface area contributed by atoms with Crippen molar-refractivity contribution in [1.29, 1.82) is 0 Å². The van der Waals surface area contributed by atoms with E-state index in [9.17, 15) is 19.2 Å². The van der Waals surface area contributed by atoms with Crippen LogP contribution in [0.25, 0.3) is 0 Å². The minimum Gasteiger partial charge on any atom is -0.481 e. The molecule has 0 spiro atoms. The average molecular weight is 278 g/mol. The molecule has 1 rings (SSSR count). The van der Waals surface area contributed by atoms with Gasteiger partial charge in [0, 0.05) is 6.42 Å². The molecule has 1 heterocycles. The molecule has 0 amide bonds. The van der Waals surface area contributed by atoms with Gasteiger partial charge in [-0.25, -0.2) is 4.79 Å². The Labute approximate surface area is 107 Å². The van der Waals surface area contributed by atoms with Crippen molar-refractivity contribution >= 4 is 23.9 Å². The zero-order valence-electron chi connectivity index (χ0n) is 9.87. The molecule has 0 unspecified atom stereocenters. The maximum atomic E-state index is 10.3. The molecule has 0 aromatic carbocycles. The molecule has 4 N–H and O–H groups in total. The highest BCUT2D eigenvalue weighted by Gasteiger charge is 2.40. The van der Waals surface area contributed by atoms with Gasteiger partial charge in [0.05, 0.1) is 19.4 Å². The Morgan fingerprint density at radius 3 is 1.74 bits per heavy atom. The van der Waals surface area contributed by atoms with Crippen LogP contribution in [0.5, 0.6) is 0 Å². The number of aliphatic carboxylic acids is 3. The van der Waals surface area contributed by atoms with Crippen LogP contribution in [-0.2, 0) is 23.9 Å². The Balaban J connectivity index is 0.000000443. The van der Waals surface area contributed by atoms with Gasteiger partial charge in [0.15, 0.2) is 5.60 Å². The summed E-state index contributed by atoms with van der Waals surface area (Å²) in [5, 5.41) is 33.8. The van der Waals surface area contributed by atoms with Gasteiger partial charge in [0.25, 0.3) is 0 Å². The Bertz CT molecular complexity index is 349. The van der Waals surface area contributed by atoms with Crippen LogP contribution in [0, 0.1) is 0 Å². The summed E-state index contributed by atoms with van der Waals surface area (Å²) in [5.41, 5.74) is -2.74. The van der Waals surface area contributed by atoms with E-state index in [4.69, 9.17) is 20.4 Å². The number of esters is 1. The van der Waals surface area contributed by atoms with Crippen LogP contribution in [0.4, 0.5) is 0 Å². The van der Waals surface area contributed by atoms with Gasteiger partial charge in [-0.05, 0) is 6.42 Å². The van der Waals surface area contributed by atoms with Crippen molar-refractivity contribution < 1.29 is 44.3 Å². The van der Waals surface area contributed by atoms with E-state index in [0.29, 0.717) is 13.0 Å². The molecule has 9 nitrogen and oxygen atoms in total. The Hall–Kier alpha value is -2.16. The monoisotopic (exact) mass is 278 g/mol. The summed E-state index contributed by atoms with van der Waals surface area (Å²) in [6.45, 7) is 0.638. The number of ether oxygens (including phenoxy) is 1. The molecular formula is C10H14O9. The molecule has 0 saturated carbocycles. The number of carbonyl (C=O) groups excluding carboxylic acids is 1. The normalized spacial score (nSPS) is 14.1. The molecule has 0 aromatic heterocycles. The fraction of sp³-hybridized carbons (Fsp3) is 0.600. The van der Waals surface area contributed by atoms with E-state index in [0.717, 1.165) is 6.42 Å². The Morgan fingerprint density at radius 2 is 1.58 bits per heavy atom. The highest BCUT2D eigenvalue weighted by Crippen LogP contribution is 2.15. The fourth-order valence-electron chi connectivity index (χ4n) is 1.19. The molecule has 0 bridgehead atoms. The van der Waals surface area contributed by atoms with Crippen LogP contribution < -0.4 is 0 Å². The third-order valence-electron chi connectivity index (χ3n) is 2.07. The zero-order valence-corrected chi connectivity index (χ0v) is 9.87. The maximum Gasteiger partial charge on any atom is 0.336 e. The van der Waals surface area contributed by atoms with Crippen molar-refractivity contribution in [1.82, 2.24) is 0 Å². The number of hydrogen-bond acceptors (Lipinski definition) is 6. The molecular weight excluding hydrogens is 264 g/mol. The topological polar surface area (TPSA) is 158 Å². The standard InChI is InChI=1S/C6H8O7.C4H6O2/c7-3(8)1-6(13,5(11)12)2-4(9)10;5-4-2-1-3-6-4/h13H,1-2H2,(H,7,8)(H,9,10)(H,11,12);1-3H2. The van der Waals surface area contributed by atoms with Crippen LogP contribution in [0.1, 0.15) is 25.7 Å². The minimum absolute atomic E-state index is 0.0463. The SMILES string of the molecule is O=C(O)CC(O)(CC(=O)O)C(=O)O.O=C1CCCO1. The summed E-state index contributed by atoms with van der Waals surface area (Å²) in [6, 6.07) is 0. The third kappa shape index (κ3) is 6.99. The summed E-state index contributed by atoms with van der Waals surface area (Å²) in [6.07, 6.45) is -0.748. The number of carboxylic acids is 3. The zero-order chi connectivity index (χ0) is 15.1. The van der Waals surface area contributed by atoms with Crippen molar-refractivity contribution in [2.75, 3.05) is 6.61 Å². The van der Waals surface area contributed by atoms with Gasteiger partial charge >= 0.3 is 23.9 Å². The van der Waals surface area contributed by atoms with Crippen LogP contribution >= 0.6 is 0 Å². The van der Waals surface area contributed by atoms with E-state index in [1.54, 1.807) is 0 Å². The summed E-state index contributed by atoms with van der Waals surface area (Å²) < 4.78 is 4.51. The fourth-order valence-corrected chi connectivity index (χ4v) is 1.19. The van der Waals surface area contributed by atoms with Crippen molar-refractivity contribution in [2.24, 2.45) is 0 Å². The maximum absolute atomic E-state index is 10.3. The second-order valence-corrected chi connectivity index (χ2v) is 3.80. The molecule has 9 heteroatoms. The quantitative estimate of drug-likeness (QED) is 0.466. The van der Waals surface area contributed by atoms with Gasteiger partial charge in [-0.1, -0.05) is 0 Å². The Morgan fingerprint density at radius 1 is 1.11 bits per heavy atom. The van der Waals surface area contributed by atoms with E-state index in [2.05, 4.69) is 4.74 Å². The molecule has 0 aromatic rings. The molecule has 0 atom stereocenters. The lowest BCUT2D eigenvalue weighted by molar-refractivity contribution is -0.170. The van der Waals surface area contributed by atoms with Gasteiger partial charge in [-0.2, -0.15) is 0 Å². The number of hydrogen-bond donors (Lipinski definition) is 4. The highest BCUT2D eigenvalue weighted by atomic mass is 16.5. The van der Waals surface area contributed by atoms with Gasteiger partial charge in [0.2, 0.25) is 0 Å². The molecule has 1 fully saturated rings. The molecule has 108 valence electrons. The number of carboxylic acid groups (broad SMARTS) is 3. The first-order valence-electron chi connectivity index (χ1n) is 5.22. The highest BCUT2D eigenvalue weighted by molar-refractivity contribution is 5.88. The van der Waals surface area contributed by atoms with E-state index in [-0.39, 0.29) is 5.97 Å². The minimum atomic E-state index is -2.74. The first-order valence-corrected chi connectivity index (χ1v) is 5.22. The van der Waals surface area contributed by atoms with Crippen LogP contribution in [-0.4, -0.2) is 56.5 Å². The van der Waals surface area contributed by atoms with E-state index in [1.807, 2.05) is 0 Å². The van der Waals surface area contributed by atoms with Gasteiger partial charge in [-0.3, -0.25) is 14.4 Å². The molecule has 1 saturated heterocycles. The summed E-state index contributed by atoms with van der Waals surface area (Å²) in [5.74, 6) is -5.07. The van der Waals surface area contributed by atoms with Crippen molar-refractivity contribution in [3.8, 4) is 0 Å². The molecule has 0 aliphatic carbocycles. The molecule has 0 radical (unpaired) electrons. The molecule has 1 aliphatic rings. The summed E-state index contributed by atoms with van der Waals surface area (Å²) in [7, 11) is 0. The van der Waals surface area contributed by atoms with Gasteiger partial charge < -0.3 is 25.2 Å². The predicted molar refractivity (Wildman–Crippen MR) is 57.3 cm³/mol. The lowest BCUT2D eigenvalue weighted by Crippen LogP contribution is -2.42. The second kappa shape index (κ2) is 7.31. The number of cyclic esters (lactones) is 1. The summed E-state index contributed by atoms with van der Waals surface area (Å²) in [4.78, 5) is 40.5. The van der Waals surface area contributed by atoms with Crippen LogP contribution in [0.2, 0.25) is 0 Å². The molecule has 19 heavy (non-hydrogen) atoms. The largest absolute Gasteiger partial charge is 0.481 e. The lowest BCUT2D eigenvalue weighted by Gasteiger charge is -2.18. The average Bonchev–Trinajstić information content (AvgIpc) is 2.67. The number of carbonyl (C=O) groups is 4. The number of rotatable bonds is 5. The third-order valence-corrected chi connectivity index (χ3v) is 2.07. The number of aliphatic hydroxyl groups is 1. The van der Waals surface area contributed by atoms with Crippen LogP contribution in [0.3, 0.4) is 0 Å². The Kier molecular flexibility index (Phi) is 6.48. The summed E-state index contributed by atoms with van der Waals surface area (Å²) >= 11 is 0. The van der Waals surface area contributed by atoms with Crippen molar-refractivity contribution in [3.05, 3.63) is 0 Å². The second-order valence-electron chi connectivity index (χ2n) is 3.80. The van der Waals surface area contributed by atoms with E-state index < -0.39 is 36.4 Å². The molecule has 1 aliphatic heterocycles. The van der Waals surface area contributed by atoms with E-state index in [1.165, 1.54) is 0 Å².